The van der Waals surface area contributed by atoms with E-state index in [1.807, 2.05) is 38.1 Å². The fourth-order valence-corrected chi connectivity index (χ4v) is 1.84. The molecule has 0 radical (unpaired) electrons. The van der Waals surface area contributed by atoms with E-state index in [2.05, 4.69) is 22.2 Å². The average Bonchev–Trinajstić information content (AvgIpc) is 2.49. The summed E-state index contributed by atoms with van der Waals surface area (Å²) >= 11 is 5.91. The molecule has 0 saturated heterocycles. The van der Waals surface area contributed by atoms with Gasteiger partial charge in [-0.15, -0.1) is 0 Å². The predicted octanol–water partition coefficient (Wildman–Crippen LogP) is 2.60. The molecule has 0 fully saturated rings. The van der Waals surface area contributed by atoms with Crippen LogP contribution in [-0.4, -0.2) is 44.0 Å². The van der Waals surface area contributed by atoms with E-state index in [9.17, 15) is 4.79 Å². The fourth-order valence-electron chi connectivity index (χ4n) is 1.72. The lowest BCUT2D eigenvalue weighted by Gasteiger charge is -2.19. The van der Waals surface area contributed by atoms with Crippen molar-refractivity contribution in [1.29, 1.82) is 0 Å². The molecule has 0 heterocycles. The topological polar surface area (TPSA) is 56.7 Å². The van der Waals surface area contributed by atoms with E-state index in [-0.39, 0.29) is 18.5 Å². The van der Waals surface area contributed by atoms with Crippen LogP contribution in [0.1, 0.15) is 25.5 Å². The second-order valence-electron chi connectivity index (χ2n) is 5.68. The Bertz CT molecular complexity index is 566. The SMILES string of the molecule is C=C(C)CNC(=NCC(=O)N(C)C)NC(C)c1ccc(Cl)cc1. The van der Waals surface area contributed by atoms with Crippen molar-refractivity contribution >= 4 is 23.5 Å². The van der Waals surface area contributed by atoms with Crippen molar-refractivity contribution in [2.45, 2.75) is 19.9 Å². The lowest BCUT2D eigenvalue weighted by Crippen LogP contribution is -2.40. The number of hydrogen-bond donors (Lipinski definition) is 2. The molecule has 1 aromatic rings. The van der Waals surface area contributed by atoms with Gasteiger partial charge in [-0.3, -0.25) is 4.79 Å². The molecule has 0 aromatic heterocycles. The Morgan fingerprint density at radius 3 is 2.48 bits per heavy atom. The number of carbonyl (C=O) groups is 1. The molecule has 0 spiro atoms. The third-order valence-electron chi connectivity index (χ3n) is 3.15. The first kappa shape index (κ1) is 19.0. The summed E-state index contributed by atoms with van der Waals surface area (Å²) in [5, 5.41) is 7.16. The smallest absolute Gasteiger partial charge is 0.243 e. The number of hydrogen-bond acceptors (Lipinski definition) is 2. The molecule has 1 atom stereocenters. The number of halogens is 1. The Morgan fingerprint density at radius 2 is 1.96 bits per heavy atom. The largest absolute Gasteiger partial charge is 0.353 e. The summed E-state index contributed by atoms with van der Waals surface area (Å²) in [6.07, 6.45) is 0. The van der Waals surface area contributed by atoms with Crippen molar-refractivity contribution in [3.05, 3.63) is 47.0 Å². The minimum atomic E-state index is -0.0550. The molecule has 126 valence electrons. The molecule has 0 aliphatic rings. The van der Waals surface area contributed by atoms with Gasteiger partial charge in [0.1, 0.15) is 6.54 Å². The van der Waals surface area contributed by atoms with E-state index < -0.39 is 0 Å². The molecule has 0 aliphatic heterocycles. The number of carbonyl (C=O) groups excluding carboxylic acids is 1. The molecule has 1 rings (SSSR count). The Hall–Kier alpha value is -2.01. The highest BCUT2D eigenvalue weighted by Gasteiger charge is 2.09. The van der Waals surface area contributed by atoms with Crippen LogP contribution in [0.25, 0.3) is 0 Å². The van der Waals surface area contributed by atoms with Crippen molar-refractivity contribution in [2.75, 3.05) is 27.2 Å². The van der Waals surface area contributed by atoms with Crippen molar-refractivity contribution in [1.82, 2.24) is 15.5 Å². The van der Waals surface area contributed by atoms with Crippen LogP contribution in [-0.2, 0) is 4.79 Å². The minimum Gasteiger partial charge on any atom is -0.353 e. The van der Waals surface area contributed by atoms with Crippen molar-refractivity contribution in [3.63, 3.8) is 0 Å². The maximum absolute atomic E-state index is 11.7. The van der Waals surface area contributed by atoms with Crippen LogP contribution in [0.15, 0.2) is 41.4 Å². The van der Waals surface area contributed by atoms with Gasteiger partial charge in [0.25, 0.3) is 0 Å². The van der Waals surface area contributed by atoms with E-state index in [4.69, 9.17) is 11.6 Å². The first-order valence-corrected chi connectivity index (χ1v) is 7.82. The second-order valence-corrected chi connectivity index (χ2v) is 6.12. The van der Waals surface area contributed by atoms with Crippen molar-refractivity contribution in [3.8, 4) is 0 Å². The number of aliphatic imine (C=N–C) groups is 1. The molecular formula is C17H25ClN4O. The molecule has 1 unspecified atom stereocenters. The van der Waals surface area contributed by atoms with E-state index in [1.165, 1.54) is 4.90 Å². The lowest BCUT2D eigenvalue weighted by atomic mass is 10.1. The van der Waals surface area contributed by atoms with Gasteiger partial charge in [-0.2, -0.15) is 0 Å². The molecular weight excluding hydrogens is 312 g/mol. The molecule has 6 heteroatoms. The summed E-state index contributed by atoms with van der Waals surface area (Å²) < 4.78 is 0. The van der Waals surface area contributed by atoms with Crippen LogP contribution in [0.2, 0.25) is 5.02 Å². The van der Waals surface area contributed by atoms with Crippen LogP contribution < -0.4 is 10.6 Å². The summed E-state index contributed by atoms with van der Waals surface area (Å²) in [7, 11) is 3.42. The zero-order valence-corrected chi connectivity index (χ0v) is 14.9. The maximum Gasteiger partial charge on any atom is 0.243 e. The number of nitrogens with one attached hydrogen (secondary N) is 2. The first-order chi connectivity index (χ1) is 10.8. The third kappa shape index (κ3) is 7.19. The van der Waals surface area contributed by atoms with Crippen LogP contribution in [0.4, 0.5) is 0 Å². The summed E-state index contributed by atoms with van der Waals surface area (Å²) in [6.45, 7) is 8.50. The van der Waals surface area contributed by atoms with E-state index >= 15 is 0 Å². The molecule has 1 amide bonds. The van der Waals surface area contributed by atoms with Crippen molar-refractivity contribution in [2.24, 2.45) is 4.99 Å². The third-order valence-corrected chi connectivity index (χ3v) is 3.40. The van der Waals surface area contributed by atoms with Gasteiger partial charge in [0.05, 0.1) is 6.04 Å². The highest BCUT2D eigenvalue weighted by molar-refractivity contribution is 6.30. The molecule has 0 aliphatic carbocycles. The van der Waals surface area contributed by atoms with Crippen LogP contribution in [0.5, 0.6) is 0 Å². The van der Waals surface area contributed by atoms with Gasteiger partial charge in [-0.25, -0.2) is 4.99 Å². The van der Waals surface area contributed by atoms with E-state index in [1.54, 1.807) is 14.1 Å². The number of guanidine groups is 1. The number of nitrogens with zero attached hydrogens (tertiary/aromatic N) is 2. The Morgan fingerprint density at radius 1 is 1.35 bits per heavy atom. The molecule has 23 heavy (non-hydrogen) atoms. The Balaban J connectivity index is 2.78. The molecule has 1 aromatic carbocycles. The number of likely N-dealkylation sites (N-methyl/N-ethyl adjacent to an activating group) is 1. The summed E-state index contributed by atoms with van der Waals surface area (Å²) in [4.78, 5) is 17.6. The zero-order chi connectivity index (χ0) is 17.4. The second kappa shape index (κ2) is 9.20. The van der Waals surface area contributed by atoms with Crippen LogP contribution in [0, 0.1) is 0 Å². The summed E-state index contributed by atoms with van der Waals surface area (Å²) in [5.41, 5.74) is 2.07. The van der Waals surface area contributed by atoms with Gasteiger partial charge in [0.2, 0.25) is 5.91 Å². The van der Waals surface area contributed by atoms with Gasteiger partial charge in [0.15, 0.2) is 5.96 Å². The first-order valence-electron chi connectivity index (χ1n) is 7.44. The minimum absolute atomic E-state index is 0.0260. The quantitative estimate of drug-likeness (QED) is 0.477. The van der Waals surface area contributed by atoms with E-state index in [0.29, 0.717) is 17.5 Å². The Kier molecular flexibility index (Phi) is 7.62. The molecule has 0 saturated carbocycles. The summed E-state index contributed by atoms with van der Waals surface area (Å²) in [6, 6.07) is 7.65. The zero-order valence-electron chi connectivity index (χ0n) is 14.2. The highest BCUT2D eigenvalue weighted by Crippen LogP contribution is 2.15. The number of amides is 1. The van der Waals surface area contributed by atoms with Gasteiger partial charge in [-0.05, 0) is 31.5 Å². The van der Waals surface area contributed by atoms with Gasteiger partial charge in [-0.1, -0.05) is 35.9 Å². The Labute approximate surface area is 143 Å². The summed E-state index contributed by atoms with van der Waals surface area (Å²) in [5.74, 6) is 0.520. The van der Waals surface area contributed by atoms with Crippen molar-refractivity contribution < 1.29 is 4.79 Å². The molecule has 5 nitrogen and oxygen atoms in total. The highest BCUT2D eigenvalue weighted by atomic mass is 35.5. The number of benzene rings is 1. The average molecular weight is 337 g/mol. The van der Waals surface area contributed by atoms with Gasteiger partial charge in [0, 0.05) is 25.7 Å². The maximum atomic E-state index is 11.7. The lowest BCUT2D eigenvalue weighted by molar-refractivity contribution is -0.127. The standard InChI is InChI=1S/C17H25ClN4O/c1-12(2)10-19-17(20-11-16(23)22(4)5)21-13(3)14-6-8-15(18)9-7-14/h6-9,13H,1,10-11H2,2-5H3,(H2,19,20,21). The fraction of sp³-hybridized carbons (Fsp3) is 0.412. The predicted molar refractivity (Wildman–Crippen MR) is 96.8 cm³/mol. The molecule has 2 N–H and O–H groups in total. The van der Waals surface area contributed by atoms with Gasteiger partial charge < -0.3 is 15.5 Å². The van der Waals surface area contributed by atoms with Crippen LogP contribution in [0.3, 0.4) is 0 Å². The number of rotatable bonds is 6. The normalized spacial score (nSPS) is 12.5. The molecule has 0 bridgehead atoms. The van der Waals surface area contributed by atoms with E-state index in [0.717, 1.165) is 11.1 Å². The monoisotopic (exact) mass is 336 g/mol. The van der Waals surface area contributed by atoms with Crippen LogP contribution >= 0.6 is 11.6 Å². The van der Waals surface area contributed by atoms with Gasteiger partial charge >= 0.3 is 0 Å².